The first-order chi connectivity index (χ1) is 12.9. The van der Waals surface area contributed by atoms with E-state index in [0.717, 1.165) is 38.2 Å². The summed E-state index contributed by atoms with van der Waals surface area (Å²) in [6.45, 7) is 9.44. The molecule has 1 amide bonds. The molecule has 0 bridgehead atoms. The number of piperidine rings is 1. The third-order valence-electron chi connectivity index (χ3n) is 6.25. The zero-order chi connectivity index (χ0) is 19.4. The fourth-order valence-electron chi connectivity index (χ4n) is 4.33. The van der Waals surface area contributed by atoms with Crippen molar-refractivity contribution >= 4 is 5.91 Å². The molecular formula is C22H35N3O2. The van der Waals surface area contributed by atoms with Crippen molar-refractivity contribution in [3.63, 3.8) is 0 Å². The monoisotopic (exact) mass is 373 g/mol. The van der Waals surface area contributed by atoms with Gasteiger partial charge in [-0.15, -0.1) is 0 Å². The minimum absolute atomic E-state index is 0.0506. The SMILES string of the molecule is CC(C)CCC(=O)N1CC[C@](O)(c2ccccc2)[C@H](N2CCN(C)CC2)C1. The van der Waals surface area contributed by atoms with E-state index in [-0.39, 0.29) is 11.9 Å². The zero-order valence-electron chi connectivity index (χ0n) is 17.1. The van der Waals surface area contributed by atoms with Crippen LogP contribution in [0.25, 0.3) is 0 Å². The Morgan fingerprint density at radius 2 is 1.81 bits per heavy atom. The summed E-state index contributed by atoms with van der Waals surface area (Å²) in [5, 5.41) is 11.7. The Labute approximate surface area is 163 Å². The van der Waals surface area contributed by atoms with Crippen LogP contribution >= 0.6 is 0 Å². The Kier molecular flexibility index (Phi) is 6.56. The molecule has 3 rings (SSSR count). The second-order valence-corrected chi connectivity index (χ2v) is 8.67. The largest absolute Gasteiger partial charge is 0.383 e. The number of nitrogens with zero attached hydrogens (tertiary/aromatic N) is 3. The Hall–Kier alpha value is -1.43. The molecule has 0 aromatic heterocycles. The van der Waals surface area contributed by atoms with Gasteiger partial charge in [-0.1, -0.05) is 44.2 Å². The predicted molar refractivity (Wildman–Crippen MR) is 108 cm³/mol. The summed E-state index contributed by atoms with van der Waals surface area (Å²) in [4.78, 5) is 19.5. The third kappa shape index (κ3) is 4.71. The number of rotatable bonds is 5. The second kappa shape index (κ2) is 8.72. The van der Waals surface area contributed by atoms with Gasteiger partial charge in [0.15, 0.2) is 0 Å². The van der Waals surface area contributed by atoms with Crippen LogP contribution in [0.5, 0.6) is 0 Å². The first kappa shape index (κ1) is 20.3. The van der Waals surface area contributed by atoms with E-state index in [1.54, 1.807) is 0 Å². The maximum Gasteiger partial charge on any atom is 0.222 e. The standard InChI is InChI=1S/C22H35N3O2/c1-18(2)9-10-21(26)25-12-11-22(27,19-7-5-4-6-8-19)20(17-25)24-15-13-23(3)14-16-24/h4-8,18,20,27H,9-17H2,1-3H3/t20-,22+/m1/s1. The molecule has 1 N–H and O–H groups in total. The number of hydrogen-bond donors (Lipinski definition) is 1. The normalized spacial score (nSPS) is 27.9. The first-order valence-corrected chi connectivity index (χ1v) is 10.4. The summed E-state index contributed by atoms with van der Waals surface area (Å²) in [7, 11) is 2.14. The van der Waals surface area contributed by atoms with Crippen LogP contribution in [0.1, 0.15) is 38.7 Å². The molecule has 150 valence electrons. The quantitative estimate of drug-likeness (QED) is 0.859. The van der Waals surface area contributed by atoms with Crippen molar-refractivity contribution < 1.29 is 9.90 Å². The van der Waals surface area contributed by atoms with E-state index in [0.29, 0.717) is 31.8 Å². The second-order valence-electron chi connectivity index (χ2n) is 8.67. The van der Waals surface area contributed by atoms with Gasteiger partial charge in [0.1, 0.15) is 5.60 Å². The number of likely N-dealkylation sites (N-methyl/N-ethyl adjacent to an activating group) is 1. The highest BCUT2D eigenvalue weighted by Gasteiger charge is 2.46. The molecule has 2 atom stereocenters. The Bertz CT molecular complexity index is 613. The van der Waals surface area contributed by atoms with Gasteiger partial charge in [-0.05, 0) is 31.4 Å². The minimum atomic E-state index is -0.897. The van der Waals surface area contributed by atoms with Gasteiger partial charge in [0, 0.05) is 45.7 Å². The maximum atomic E-state index is 12.7. The summed E-state index contributed by atoms with van der Waals surface area (Å²) in [6, 6.07) is 9.98. The van der Waals surface area contributed by atoms with Crippen LogP contribution in [0.3, 0.4) is 0 Å². The Morgan fingerprint density at radius 3 is 2.44 bits per heavy atom. The van der Waals surface area contributed by atoms with Crippen LogP contribution < -0.4 is 0 Å². The van der Waals surface area contributed by atoms with Crippen molar-refractivity contribution in [1.82, 2.24) is 14.7 Å². The fraction of sp³-hybridized carbons (Fsp3) is 0.682. The number of piperazine rings is 1. The molecule has 2 heterocycles. The number of aliphatic hydroxyl groups is 1. The lowest BCUT2D eigenvalue weighted by Crippen LogP contribution is -2.64. The topological polar surface area (TPSA) is 47.0 Å². The zero-order valence-corrected chi connectivity index (χ0v) is 17.1. The van der Waals surface area contributed by atoms with E-state index in [4.69, 9.17) is 0 Å². The van der Waals surface area contributed by atoms with Gasteiger partial charge < -0.3 is 14.9 Å². The lowest BCUT2D eigenvalue weighted by molar-refractivity contribution is -0.145. The molecule has 0 unspecified atom stereocenters. The van der Waals surface area contributed by atoms with Crippen LogP contribution in [-0.4, -0.2) is 78.1 Å². The van der Waals surface area contributed by atoms with E-state index in [1.807, 2.05) is 35.2 Å². The number of carbonyl (C=O) groups is 1. The van der Waals surface area contributed by atoms with Gasteiger partial charge in [0.05, 0.1) is 6.04 Å². The number of hydrogen-bond acceptors (Lipinski definition) is 4. The summed E-state index contributed by atoms with van der Waals surface area (Å²) < 4.78 is 0. The minimum Gasteiger partial charge on any atom is -0.383 e. The molecule has 0 saturated carbocycles. The number of benzene rings is 1. The van der Waals surface area contributed by atoms with Crippen molar-refractivity contribution in [1.29, 1.82) is 0 Å². The summed E-state index contributed by atoms with van der Waals surface area (Å²) in [5.74, 6) is 0.770. The first-order valence-electron chi connectivity index (χ1n) is 10.4. The van der Waals surface area contributed by atoms with Crippen LogP contribution in [0.4, 0.5) is 0 Å². The molecule has 27 heavy (non-hydrogen) atoms. The van der Waals surface area contributed by atoms with Gasteiger partial charge in [-0.3, -0.25) is 9.69 Å². The average molecular weight is 374 g/mol. The molecule has 0 radical (unpaired) electrons. The molecule has 0 spiro atoms. The van der Waals surface area contributed by atoms with Crippen molar-refractivity contribution in [2.24, 2.45) is 5.92 Å². The highest BCUT2D eigenvalue weighted by Crippen LogP contribution is 2.36. The molecule has 2 aliphatic rings. The van der Waals surface area contributed by atoms with E-state index in [1.165, 1.54) is 0 Å². The molecule has 5 heteroatoms. The molecule has 2 saturated heterocycles. The lowest BCUT2D eigenvalue weighted by atomic mass is 9.79. The van der Waals surface area contributed by atoms with Crippen molar-refractivity contribution in [3.05, 3.63) is 35.9 Å². The van der Waals surface area contributed by atoms with E-state index in [2.05, 4.69) is 30.7 Å². The fourth-order valence-corrected chi connectivity index (χ4v) is 4.33. The van der Waals surface area contributed by atoms with Gasteiger partial charge in [-0.2, -0.15) is 0 Å². The van der Waals surface area contributed by atoms with Crippen LogP contribution in [0, 0.1) is 5.92 Å². The highest BCUT2D eigenvalue weighted by molar-refractivity contribution is 5.76. The van der Waals surface area contributed by atoms with E-state index >= 15 is 0 Å². The van der Waals surface area contributed by atoms with Crippen molar-refractivity contribution in [2.45, 2.75) is 44.8 Å². The van der Waals surface area contributed by atoms with Gasteiger partial charge in [0.2, 0.25) is 5.91 Å². The molecular weight excluding hydrogens is 338 g/mol. The predicted octanol–water partition coefficient (Wildman–Crippen LogP) is 2.16. The lowest BCUT2D eigenvalue weighted by Gasteiger charge is -2.51. The Balaban J connectivity index is 1.79. The third-order valence-corrected chi connectivity index (χ3v) is 6.25. The van der Waals surface area contributed by atoms with Crippen LogP contribution in [0.2, 0.25) is 0 Å². The van der Waals surface area contributed by atoms with Gasteiger partial charge >= 0.3 is 0 Å². The number of amides is 1. The molecule has 0 aliphatic carbocycles. The Morgan fingerprint density at radius 1 is 1.15 bits per heavy atom. The molecule has 1 aromatic carbocycles. The molecule has 5 nitrogen and oxygen atoms in total. The van der Waals surface area contributed by atoms with E-state index in [9.17, 15) is 9.90 Å². The van der Waals surface area contributed by atoms with Crippen molar-refractivity contribution in [3.8, 4) is 0 Å². The number of carbonyl (C=O) groups excluding carboxylic acids is 1. The van der Waals surface area contributed by atoms with Crippen LogP contribution in [-0.2, 0) is 10.4 Å². The van der Waals surface area contributed by atoms with Crippen molar-refractivity contribution in [2.75, 3.05) is 46.3 Å². The van der Waals surface area contributed by atoms with Crippen LogP contribution in [0.15, 0.2) is 30.3 Å². The smallest absolute Gasteiger partial charge is 0.222 e. The molecule has 2 fully saturated rings. The molecule has 1 aromatic rings. The highest BCUT2D eigenvalue weighted by atomic mass is 16.3. The van der Waals surface area contributed by atoms with Gasteiger partial charge in [-0.25, -0.2) is 0 Å². The summed E-state index contributed by atoms with van der Waals surface area (Å²) >= 11 is 0. The summed E-state index contributed by atoms with van der Waals surface area (Å²) in [5.41, 5.74) is 0.0784. The maximum absolute atomic E-state index is 12.7. The molecule has 2 aliphatic heterocycles. The number of likely N-dealkylation sites (tertiary alicyclic amines) is 1. The average Bonchev–Trinajstić information content (AvgIpc) is 2.68. The summed E-state index contributed by atoms with van der Waals surface area (Å²) in [6.07, 6.45) is 2.13. The van der Waals surface area contributed by atoms with Gasteiger partial charge in [0.25, 0.3) is 0 Å². The van der Waals surface area contributed by atoms with E-state index < -0.39 is 5.60 Å².